The van der Waals surface area contributed by atoms with Gasteiger partial charge in [-0.3, -0.25) is 0 Å². The van der Waals surface area contributed by atoms with Crippen LogP contribution in [0, 0.1) is 11.7 Å². The summed E-state index contributed by atoms with van der Waals surface area (Å²) >= 11 is 3.31. The van der Waals surface area contributed by atoms with Crippen molar-refractivity contribution in [1.82, 2.24) is 0 Å². The highest BCUT2D eigenvalue weighted by atomic mass is 79.9. The smallest absolute Gasteiger partial charge is 0.156 e. The lowest BCUT2D eigenvalue weighted by Gasteiger charge is -2.29. The van der Waals surface area contributed by atoms with E-state index in [0.717, 1.165) is 18.8 Å². The highest BCUT2D eigenvalue weighted by Gasteiger charge is 2.23. The van der Waals surface area contributed by atoms with Gasteiger partial charge in [0.2, 0.25) is 0 Å². The Morgan fingerprint density at radius 2 is 2.22 bits per heavy atom. The monoisotopic (exact) mass is 315 g/mol. The summed E-state index contributed by atoms with van der Waals surface area (Å²) in [7, 11) is 0. The molecule has 1 fully saturated rings. The van der Waals surface area contributed by atoms with Crippen LogP contribution in [0.3, 0.4) is 0 Å². The molecule has 18 heavy (non-hydrogen) atoms. The molecule has 0 saturated heterocycles. The van der Waals surface area contributed by atoms with E-state index in [1.54, 1.807) is 0 Å². The van der Waals surface area contributed by atoms with Gasteiger partial charge < -0.3 is 10.5 Å². The van der Waals surface area contributed by atoms with Gasteiger partial charge in [-0.05, 0) is 47.2 Å². The first kappa shape index (κ1) is 13.7. The Morgan fingerprint density at radius 3 is 2.89 bits per heavy atom. The lowest BCUT2D eigenvalue weighted by molar-refractivity contribution is 0.122. The van der Waals surface area contributed by atoms with Crippen LogP contribution in [0.25, 0.3) is 0 Å². The summed E-state index contributed by atoms with van der Waals surface area (Å²) in [5.74, 6) is 0.976. The molecule has 2 N–H and O–H groups in total. The van der Waals surface area contributed by atoms with Gasteiger partial charge in [0.1, 0.15) is 5.82 Å². The minimum Gasteiger partial charge on any atom is -0.487 e. The maximum Gasteiger partial charge on any atom is 0.156 e. The second-order valence-electron chi connectivity index (χ2n) is 4.99. The second kappa shape index (κ2) is 5.91. The Morgan fingerprint density at radius 1 is 1.44 bits per heavy atom. The zero-order valence-corrected chi connectivity index (χ0v) is 12.2. The Labute approximate surface area is 116 Å². The van der Waals surface area contributed by atoms with Crippen LogP contribution in [0.2, 0.25) is 0 Å². The predicted octanol–water partition coefficient (Wildman–Crippen LogP) is 4.52. The van der Waals surface area contributed by atoms with E-state index in [2.05, 4.69) is 22.9 Å². The van der Waals surface area contributed by atoms with Crippen LogP contribution in [0.15, 0.2) is 16.6 Å². The van der Waals surface area contributed by atoms with Crippen molar-refractivity contribution < 1.29 is 9.13 Å². The zero-order chi connectivity index (χ0) is 13.1. The average molecular weight is 316 g/mol. The first-order valence-electron chi connectivity index (χ1n) is 6.51. The number of hydrogen-bond donors (Lipinski definition) is 1. The maximum absolute atomic E-state index is 13.1. The number of anilines is 1. The van der Waals surface area contributed by atoms with Crippen LogP contribution in [0.4, 0.5) is 10.1 Å². The van der Waals surface area contributed by atoms with E-state index in [4.69, 9.17) is 10.5 Å². The molecule has 2 nitrogen and oxygen atoms in total. The van der Waals surface area contributed by atoms with E-state index in [-0.39, 0.29) is 11.9 Å². The number of rotatable bonds is 3. The minimum atomic E-state index is -0.346. The van der Waals surface area contributed by atoms with Crippen molar-refractivity contribution in [3.8, 4) is 5.75 Å². The van der Waals surface area contributed by atoms with E-state index in [1.807, 2.05) is 0 Å². The average Bonchev–Trinajstić information content (AvgIpc) is 2.34. The van der Waals surface area contributed by atoms with E-state index >= 15 is 0 Å². The maximum atomic E-state index is 13.1. The molecular formula is C14H19BrFNO. The van der Waals surface area contributed by atoms with Crippen molar-refractivity contribution in [2.45, 2.75) is 45.1 Å². The van der Waals surface area contributed by atoms with Crippen molar-refractivity contribution in [1.29, 1.82) is 0 Å². The van der Waals surface area contributed by atoms with Crippen LogP contribution in [0.1, 0.15) is 39.0 Å². The topological polar surface area (TPSA) is 35.2 Å². The molecule has 1 aromatic carbocycles. The number of nitrogen functional groups attached to an aromatic ring is 1. The molecule has 0 amide bonds. The molecule has 1 saturated carbocycles. The summed E-state index contributed by atoms with van der Waals surface area (Å²) in [6, 6.07) is 2.70. The van der Waals surface area contributed by atoms with Gasteiger partial charge >= 0.3 is 0 Å². The first-order valence-corrected chi connectivity index (χ1v) is 7.30. The number of halogens is 2. The first-order chi connectivity index (χ1) is 8.60. The van der Waals surface area contributed by atoms with Gasteiger partial charge in [-0.15, -0.1) is 0 Å². The summed E-state index contributed by atoms with van der Waals surface area (Å²) in [6.07, 6.45) is 6.00. The standard InChI is InChI=1S/C14H19BrFNO/c1-2-9-4-3-5-11(6-9)18-14-12(15)7-10(16)8-13(14)17/h7-9,11H,2-6,17H2,1H3. The van der Waals surface area contributed by atoms with Crippen LogP contribution < -0.4 is 10.5 Å². The molecule has 0 bridgehead atoms. The van der Waals surface area contributed by atoms with Crippen LogP contribution in [-0.4, -0.2) is 6.10 Å². The highest BCUT2D eigenvalue weighted by Crippen LogP contribution is 2.36. The summed E-state index contributed by atoms with van der Waals surface area (Å²) < 4.78 is 19.7. The molecule has 2 rings (SSSR count). The molecule has 0 spiro atoms. The molecule has 0 aliphatic heterocycles. The van der Waals surface area contributed by atoms with E-state index in [9.17, 15) is 4.39 Å². The molecule has 1 aromatic rings. The number of nitrogens with two attached hydrogens (primary N) is 1. The fraction of sp³-hybridized carbons (Fsp3) is 0.571. The number of benzene rings is 1. The van der Waals surface area contributed by atoms with E-state index in [0.29, 0.717) is 15.9 Å². The summed E-state index contributed by atoms with van der Waals surface area (Å²) in [5.41, 5.74) is 6.17. The minimum absolute atomic E-state index is 0.202. The fourth-order valence-electron chi connectivity index (χ4n) is 2.59. The predicted molar refractivity (Wildman–Crippen MR) is 75.2 cm³/mol. The summed E-state index contributed by atoms with van der Waals surface area (Å²) in [4.78, 5) is 0. The van der Waals surface area contributed by atoms with Crippen LogP contribution >= 0.6 is 15.9 Å². The lowest BCUT2D eigenvalue weighted by Crippen LogP contribution is -2.25. The Balaban J connectivity index is 2.09. The summed E-state index contributed by atoms with van der Waals surface area (Å²) in [5, 5.41) is 0. The normalized spacial score (nSPS) is 23.9. The van der Waals surface area contributed by atoms with Gasteiger partial charge in [-0.1, -0.05) is 19.8 Å². The molecule has 0 heterocycles. The van der Waals surface area contributed by atoms with Gasteiger partial charge in [0, 0.05) is 6.07 Å². The third-order valence-electron chi connectivity index (χ3n) is 3.63. The van der Waals surface area contributed by atoms with Gasteiger partial charge in [0.25, 0.3) is 0 Å². The molecule has 2 unspecified atom stereocenters. The second-order valence-corrected chi connectivity index (χ2v) is 5.84. The van der Waals surface area contributed by atoms with Gasteiger partial charge in [0.15, 0.2) is 5.75 Å². The molecule has 1 aliphatic rings. The third-order valence-corrected chi connectivity index (χ3v) is 4.22. The Hall–Kier alpha value is -0.770. The van der Waals surface area contributed by atoms with Gasteiger partial charge in [-0.25, -0.2) is 4.39 Å². The Bertz CT molecular complexity index is 401. The quantitative estimate of drug-likeness (QED) is 0.832. The van der Waals surface area contributed by atoms with Crippen LogP contribution in [0.5, 0.6) is 5.75 Å². The van der Waals surface area contributed by atoms with E-state index < -0.39 is 0 Å². The van der Waals surface area contributed by atoms with Crippen molar-refractivity contribution in [2.75, 3.05) is 5.73 Å². The van der Waals surface area contributed by atoms with Crippen LogP contribution in [-0.2, 0) is 0 Å². The van der Waals surface area contributed by atoms with Crippen molar-refractivity contribution in [3.05, 3.63) is 22.4 Å². The molecular weight excluding hydrogens is 297 g/mol. The zero-order valence-electron chi connectivity index (χ0n) is 10.6. The number of ether oxygens (including phenoxy) is 1. The molecule has 0 radical (unpaired) electrons. The lowest BCUT2D eigenvalue weighted by atomic mass is 9.85. The molecule has 2 atom stereocenters. The largest absolute Gasteiger partial charge is 0.487 e. The molecule has 4 heteroatoms. The van der Waals surface area contributed by atoms with Gasteiger partial charge in [0.05, 0.1) is 16.3 Å². The fourth-order valence-corrected chi connectivity index (χ4v) is 3.13. The van der Waals surface area contributed by atoms with Crippen molar-refractivity contribution >= 4 is 21.6 Å². The third kappa shape index (κ3) is 3.16. The highest BCUT2D eigenvalue weighted by molar-refractivity contribution is 9.10. The molecule has 0 aromatic heterocycles. The summed E-state index contributed by atoms with van der Waals surface area (Å²) in [6.45, 7) is 2.22. The molecule has 100 valence electrons. The SMILES string of the molecule is CCC1CCCC(Oc2c(N)cc(F)cc2Br)C1. The van der Waals surface area contributed by atoms with Crippen molar-refractivity contribution in [2.24, 2.45) is 5.92 Å². The Kier molecular flexibility index (Phi) is 4.49. The van der Waals surface area contributed by atoms with Gasteiger partial charge in [-0.2, -0.15) is 0 Å². The van der Waals surface area contributed by atoms with Crippen molar-refractivity contribution in [3.63, 3.8) is 0 Å². The number of hydrogen-bond acceptors (Lipinski definition) is 2. The molecule has 1 aliphatic carbocycles. The van der Waals surface area contributed by atoms with E-state index in [1.165, 1.54) is 31.4 Å².